The highest BCUT2D eigenvalue weighted by Crippen LogP contribution is 2.36. The molecule has 0 aliphatic carbocycles. The number of rotatable bonds is 5. The number of nitrogens with zero attached hydrogens (tertiary/aromatic N) is 9. The fourth-order valence-electron chi connectivity index (χ4n) is 5.88. The monoisotopic (exact) mass is 511 g/mol. The third-order valence-electron chi connectivity index (χ3n) is 7.84. The average molecular weight is 512 g/mol. The molecule has 2 bridgehead atoms. The molecule has 5 aromatic rings. The number of piperidine rings is 1. The fraction of sp³-hybridized carbons (Fsp3) is 0.233. The molecule has 3 saturated heterocycles. The van der Waals surface area contributed by atoms with Gasteiger partial charge in [-0.15, -0.1) is 6.42 Å². The Labute approximate surface area is 226 Å². The van der Waals surface area contributed by atoms with Crippen LogP contribution >= 0.6 is 0 Å². The van der Waals surface area contributed by atoms with E-state index in [0.717, 1.165) is 53.2 Å². The molecule has 9 nitrogen and oxygen atoms in total. The lowest BCUT2D eigenvalue weighted by atomic mass is 9.86. The Kier molecular flexibility index (Phi) is 5.39. The van der Waals surface area contributed by atoms with Crippen molar-refractivity contribution < 1.29 is 0 Å². The topological polar surface area (TPSA) is 91.2 Å². The first kappa shape index (κ1) is 23.2. The first-order chi connectivity index (χ1) is 19.1. The van der Waals surface area contributed by atoms with Crippen LogP contribution in [-0.2, 0) is 13.6 Å². The third-order valence-corrected chi connectivity index (χ3v) is 7.84. The molecule has 0 radical (unpaired) electrons. The van der Waals surface area contributed by atoms with Crippen LogP contribution < -0.4 is 4.90 Å². The first-order valence-corrected chi connectivity index (χ1v) is 12.9. The Morgan fingerprint density at radius 3 is 2.56 bits per heavy atom. The number of pyridine rings is 3. The Balaban J connectivity index is 1.14. The van der Waals surface area contributed by atoms with Gasteiger partial charge in [0.15, 0.2) is 0 Å². The van der Waals surface area contributed by atoms with E-state index in [1.807, 2.05) is 44.0 Å². The predicted molar refractivity (Wildman–Crippen MR) is 147 cm³/mol. The number of nitriles is 1. The Morgan fingerprint density at radius 1 is 0.974 bits per heavy atom. The maximum absolute atomic E-state index is 9.71. The summed E-state index contributed by atoms with van der Waals surface area (Å²) in [5.41, 5.74) is 7.02. The van der Waals surface area contributed by atoms with Crippen molar-refractivity contribution in [2.45, 2.75) is 25.0 Å². The van der Waals surface area contributed by atoms with Crippen LogP contribution in [0.3, 0.4) is 0 Å². The normalized spacial score (nSPS) is 18.5. The highest BCUT2D eigenvalue weighted by Gasteiger charge is 2.44. The summed E-state index contributed by atoms with van der Waals surface area (Å²) in [4.78, 5) is 14.0. The number of anilines is 1. The lowest BCUT2D eigenvalue weighted by Crippen LogP contribution is -2.68. The molecule has 0 amide bonds. The number of terminal acetylenes is 1. The fourth-order valence-corrected chi connectivity index (χ4v) is 5.88. The molecule has 0 aromatic carbocycles. The molecular formula is C30H25N9. The van der Waals surface area contributed by atoms with Gasteiger partial charge in [0.25, 0.3) is 0 Å². The summed E-state index contributed by atoms with van der Waals surface area (Å²) in [6.07, 6.45) is 17.8. The lowest BCUT2D eigenvalue weighted by molar-refractivity contribution is -0.00870. The molecule has 9 heteroatoms. The second-order valence-corrected chi connectivity index (χ2v) is 10.2. The van der Waals surface area contributed by atoms with E-state index in [1.165, 1.54) is 12.0 Å². The van der Waals surface area contributed by atoms with Crippen LogP contribution in [0.15, 0.2) is 67.5 Å². The molecule has 8 rings (SSSR count). The van der Waals surface area contributed by atoms with Crippen molar-refractivity contribution in [2.75, 3.05) is 18.0 Å². The zero-order valence-corrected chi connectivity index (χ0v) is 21.4. The van der Waals surface area contributed by atoms with E-state index < -0.39 is 0 Å². The molecule has 2 atom stereocenters. The number of aryl methyl sites for hydroxylation is 1. The van der Waals surface area contributed by atoms with Crippen molar-refractivity contribution >= 4 is 11.3 Å². The van der Waals surface area contributed by atoms with Crippen LogP contribution in [0.25, 0.3) is 27.8 Å². The van der Waals surface area contributed by atoms with Crippen LogP contribution in [-0.4, -0.2) is 59.4 Å². The molecule has 2 unspecified atom stereocenters. The van der Waals surface area contributed by atoms with Gasteiger partial charge in [0.1, 0.15) is 17.6 Å². The molecule has 5 aromatic heterocycles. The van der Waals surface area contributed by atoms with Crippen molar-refractivity contribution in [1.29, 1.82) is 5.26 Å². The zero-order chi connectivity index (χ0) is 26.5. The van der Waals surface area contributed by atoms with Crippen LogP contribution in [0, 0.1) is 23.7 Å². The van der Waals surface area contributed by atoms with E-state index >= 15 is 0 Å². The third kappa shape index (κ3) is 4.01. The molecular weight excluding hydrogens is 486 g/mol. The Morgan fingerprint density at radius 2 is 1.85 bits per heavy atom. The number of aromatic nitrogens is 6. The smallest absolute Gasteiger partial charge is 0.128 e. The van der Waals surface area contributed by atoms with E-state index in [1.54, 1.807) is 21.6 Å². The van der Waals surface area contributed by atoms with Gasteiger partial charge in [-0.25, -0.2) is 14.5 Å². The highest BCUT2D eigenvalue weighted by atomic mass is 15.4. The minimum absolute atomic E-state index is 0.494. The van der Waals surface area contributed by atoms with Gasteiger partial charge in [0, 0.05) is 85.8 Å². The molecule has 3 aliphatic rings. The van der Waals surface area contributed by atoms with Crippen molar-refractivity contribution in [3.05, 3.63) is 84.3 Å². The van der Waals surface area contributed by atoms with Crippen LogP contribution in [0.1, 0.15) is 23.2 Å². The molecule has 39 heavy (non-hydrogen) atoms. The quantitative estimate of drug-likeness (QED) is 0.334. The van der Waals surface area contributed by atoms with Crippen molar-refractivity contribution in [2.24, 2.45) is 7.05 Å². The standard InChI is InChI=1S/C30H25N9/c1-3-25-8-20(6-7-32-25)15-38-26-10-27(38)19-37(18-26)29-5-4-21(12-33-29)28-9-22(24-14-34-36(2)16-24)17-39-30(28)23(11-31)13-35-39/h1,4-9,12-14,16-17,26-27H,10,15,18-19H2,2H3. The van der Waals surface area contributed by atoms with Gasteiger partial charge in [-0.3, -0.25) is 9.58 Å². The Hall–Kier alpha value is -4.99. The van der Waals surface area contributed by atoms with Gasteiger partial charge in [0.05, 0.1) is 23.5 Å². The lowest BCUT2D eigenvalue weighted by Gasteiger charge is -2.56. The number of hydrogen-bond donors (Lipinski definition) is 0. The van der Waals surface area contributed by atoms with Gasteiger partial charge in [0.2, 0.25) is 0 Å². The van der Waals surface area contributed by atoms with Crippen molar-refractivity contribution in [1.82, 2.24) is 34.3 Å². The number of piperazine rings is 1. The van der Waals surface area contributed by atoms with Gasteiger partial charge < -0.3 is 4.90 Å². The minimum Gasteiger partial charge on any atom is -0.353 e. The van der Waals surface area contributed by atoms with Crippen LogP contribution in [0.4, 0.5) is 5.82 Å². The predicted octanol–water partition coefficient (Wildman–Crippen LogP) is 3.51. The first-order valence-electron chi connectivity index (χ1n) is 12.9. The van der Waals surface area contributed by atoms with E-state index in [4.69, 9.17) is 11.4 Å². The molecule has 0 saturated carbocycles. The van der Waals surface area contributed by atoms with Crippen molar-refractivity contribution in [3.8, 4) is 40.7 Å². The van der Waals surface area contributed by atoms with Gasteiger partial charge in [-0.1, -0.05) is 5.92 Å². The van der Waals surface area contributed by atoms with E-state index in [9.17, 15) is 5.26 Å². The average Bonchev–Trinajstić information content (AvgIpc) is 3.61. The second kappa shape index (κ2) is 9.09. The van der Waals surface area contributed by atoms with Crippen LogP contribution in [0.2, 0.25) is 0 Å². The maximum atomic E-state index is 9.71. The summed E-state index contributed by atoms with van der Waals surface area (Å²) in [6.45, 7) is 2.78. The summed E-state index contributed by atoms with van der Waals surface area (Å²) in [5.74, 6) is 3.60. The molecule has 190 valence electrons. The van der Waals surface area contributed by atoms with Gasteiger partial charge in [-0.05, 0) is 42.3 Å². The largest absolute Gasteiger partial charge is 0.353 e. The SMILES string of the molecule is C#Cc1cc(CN2C3CC2CN(c2ccc(-c4cc(-c5cnn(C)c5)cn5ncc(C#N)c45)cn2)C3)ccn1. The molecule has 3 fully saturated rings. The minimum atomic E-state index is 0.494. The summed E-state index contributed by atoms with van der Waals surface area (Å²) in [5, 5.41) is 18.5. The van der Waals surface area contributed by atoms with Gasteiger partial charge in [-0.2, -0.15) is 15.5 Å². The molecule has 8 heterocycles. The van der Waals surface area contributed by atoms with E-state index in [-0.39, 0.29) is 0 Å². The molecule has 0 N–H and O–H groups in total. The summed E-state index contributed by atoms with van der Waals surface area (Å²) in [7, 11) is 1.89. The molecule has 3 aliphatic heterocycles. The van der Waals surface area contributed by atoms with Gasteiger partial charge >= 0.3 is 0 Å². The summed E-state index contributed by atoms with van der Waals surface area (Å²) < 4.78 is 3.54. The summed E-state index contributed by atoms with van der Waals surface area (Å²) in [6, 6.07) is 13.6. The summed E-state index contributed by atoms with van der Waals surface area (Å²) >= 11 is 0. The Bertz CT molecular complexity index is 1770. The maximum Gasteiger partial charge on any atom is 0.128 e. The molecule has 0 spiro atoms. The van der Waals surface area contributed by atoms with Crippen molar-refractivity contribution in [3.63, 3.8) is 0 Å². The van der Waals surface area contributed by atoms with E-state index in [2.05, 4.69) is 55.2 Å². The van der Waals surface area contributed by atoms with Crippen LogP contribution in [0.5, 0.6) is 0 Å². The number of hydrogen-bond acceptors (Lipinski definition) is 7. The zero-order valence-electron chi connectivity index (χ0n) is 21.4. The van der Waals surface area contributed by atoms with E-state index in [0.29, 0.717) is 23.3 Å². The second-order valence-electron chi connectivity index (χ2n) is 10.2. The number of fused-ring (bicyclic) bond motifs is 3. The highest BCUT2D eigenvalue weighted by molar-refractivity contribution is 5.87.